The largest absolute Gasteiger partial charge is 0.294 e. The van der Waals surface area contributed by atoms with E-state index in [1.807, 2.05) is 0 Å². The molecule has 2 aromatic carbocycles. The van der Waals surface area contributed by atoms with Crippen LogP contribution in [0, 0.1) is 27.6 Å². The Bertz CT molecular complexity index is 731. The van der Waals surface area contributed by atoms with Crippen LogP contribution in [0.3, 0.4) is 0 Å². The van der Waals surface area contributed by atoms with Crippen LogP contribution < -0.4 is 0 Å². The van der Waals surface area contributed by atoms with E-state index in [2.05, 4.69) is 0 Å². The highest BCUT2D eigenvalue weighted by Crippen LogP contribution is 2.24. The van der Waals surface area contributed by atoms with E-state index in [9.17, 15) is 28.1 Å². The highest BCUT2D eigenvalue weighted by molar-refractivity contribution is 6.01. The number of hydrogen-bond donors (Lipinski definition) is 0. The van der Waals surface area contributed by atoms with Crippen LogP contribution in [0.1, 0.15) is 15.9 Å². The van der Waals surface area contributed by atoms with Crippen molar-refractivity contribution >= 4 is 11.5 Å². The van der Waals surface area contributed by atoms with Gasteiger partial charge in [0.2, 0.25) is 0 Å². The predicted octanol–water partition coefficient (Wildman–Crippen LogP) is 3.44. The molecule has 0 radical (unpaired) electrons. The van der Waals surface area contributed by atoms with Gasteiger partial charge in [0, 0.05) is 6.42 Å². The fourth-order valence-corrected chi connectivity index (χ4v) is 1.82. The highest BCUT2D eigenvalue weighted by Gasteiger charge is 2.24. The zero-order valence-corrected chi connectivity index (χ0v) is 10.5. The quantitative estimate of drug-likeness (QED) is 0.493. The zero-order valence-electron chi connectivity index (χ0n) is 10.5. The second-order valence-electron chi connectivity index (χ2n) is 4.23. The first-order chi connectivity index (χ1) is 9.90. The maximum Gasteiger partial charge on any atom is 0.283 e. The normalized spacial score (nSPS) is 10.4. The SMILES string of the molecule is O=C(Cc1ccccc1F)c1cc(F)c(F)cc1[N+](=O)[O-]. The van der Waals surface area contributed by atoms with E-state index < -0.39 is 45.8 Å². The van der Waals surface area contributed by atoms with E-state index in [0.717, 1.165) is 6.07 Å². The number of nitrogens with zero attached hydrogens (tertiary/aromatic N) is 1. The molecule has 21 heavy (non-hydrogen) atoms. The molecular weight excluding hydrogens is 287 g/mol. The molecule has 0 aliphatic carbocycles. The Hall–Kier alpha value is -2.70. The van der Waals surface area contributed by atoms with Crippen LogP contribution >= 0.6 is 0 Å². The number of Topliss-reactive ketones (excluding diaryl/α,β-unsaturated/α-hetero) is 1. The lowest BCUT2D eigenvalue weighted by atomic mass is 10.0. The van der Waals surface area contributed by atoms with Crippen LogP contribution in [0.5, 0.6) is 0 Å². The number of benzene rings is 2. The minimum absolute atomic E-state index is 0.0153. The lowest BCUT2D eigenvalue weighted by Gasteiger charge is -2.05. The molecule has 0 spiro atoms. The van der Waals surface area contributed by atoms with Gasteiger partial charge >= 0.3 is 0 Å². The molecule has 0 aliphatic rings. The first-order valence-corrected chi connectivity index (χ1v) is 5.80. The first-order valence-electron chi connectivity index (χ1n) is 5.80. The maximum atomic E-state index is 13.4. The molecule has 0 fully saturated rings. The Morgan fingerprint density at radius 2 is 1.67 bits per heavy atom. The lowest BCUT2D eigenvalue weighted by molar-refractivity contribution is -0.385. The Morgan fingerprint density at radius 3 is 2.29 bits per heavy atom. The minimum Gasteiger partial charge on any atom is -0.294 e. The van der Waals surface area contributed by atoms with E-state index in [0.29, 0.717) is 12.1 Å². The van der Waals surface area contributed by atoms with Crippen molar-refractivity contribution < 1.29 is 22.9 Å². The van der Waals surface area contributed by atoms with Gasteiger partial charge in [0.25, 0.3) is 5.69 Å². The third-order valence-electron chi connectivity index (χ3n) is 2.84. The van der Waals surface area contributed by atoms with E-state index >= 15 is 0 Å². The van der Waals surface area contributed by atoms with E-state index in [1.165, 1.54) is 18.2 Å². The number of nitro groups is 1. The molecule has 0 aliphatic heterocycles. The second-order valence-corrected chi connectivity index (χ2v) is 4.23. The third kappa shape index (κ3) is 3.07. The van der Waals surface area contributed by atoms with Gasteiger partial charge in [-0.25, -0.2) is 13.2 Å². The number of rotatable bonds is 4. The van der Waals surface area contributed by atoms with Crippen molar-refractivity contribution in [2.24, 2.45) is 0 Å². The Morgan fingerprint density at radius 1 is 1.05 bits per heavy atom. The van der Waals surface area contributed by atoms with Crippen molar-refractivity contribution in [1.82, 2.24) is 0 Å². The summed E-state index contributed by atoms with van der Waals surface area (Å²) in [6.07, 6.45) is -0.488. The molecule has 0 aromatic heterocycles. The fourth-order valence-electron chi connectivity index (χ4n) is 1.82. The number of carbonyl (C=O) groups excluding carboxylic acids is 1. The molecule has 2 aromatic rings. The Kier molecular flexibility index (Phi) is 4.02. The number of hydrogen-bond acceptors (Lipinski definition) is 3. The maximum absolute atomic E-state index is 13.4. The molecule has 0 saturated carbocycles. The van der Waals surface area contributed by atoms with Gasteiger partial charge in [-0.3, -0.25) is 14.9 Å². The molecule has 0 N–H and O–H groups in total. The van der Waals surface area contributed by atoms with Gasteiger partial charge in [0.05, 0.1) is 16.6 Å². The monoisotopic (exact) mass is 295 g/mol. The average Bonchev–Trinajstić information content (AvgIpc) is 2.43. The van der Waals surface area contributed by atoms with Gasteiger partial charge in [-0.1, -0.05) is 18.2 Å². The summed E-state index contributed by atoms with van der Waals surface area (Å²) in [7, 11) is 0. The molecule has 4 nitrogen and oxygen atoms in total. The van der Waals surface area contributed by atoms with Gasteiger partial charge in [-0.15, -0.1) is 0 Å². The molecule has 0 unspecified atom stereocenters. The summed E-state index contributed by atoms with van der Waals surface area (Å²) in [6.45, 7) is 0. The van der Waals surface area contributed by atoms with Crippen LogP contribution in [-0.4, -0.2) is 10.7 Å². The minimum atomic E-state index is -1.43. The summed E-state index contributed by atoms with van der Waals surface area (Å²) < 4.78 is 39.6. The molecule has 7 heteroatoms. The van der Waals surface area contributed by atoms with Crippen molar-refractivity contribution in [3.05, 3.63) is 75.1 Å². The van der Waals surface area contributed by atoms with Crippen molar-refractivity contribution in [2.75, 3.05) is 0 Å². The van der Waals surface area contributed by atoms with Crippen LogP contribution in [0.25, 0.3) is 0 Å². The predicted molar refractivity (Wildman–Crippen MR) is 67.4 cm³/mol. The smallest absolute Gasteiger partial charge is 0.283 e. The third-order valence-corrected chi connectivity index (χ3v) is 2.84. The van der Waals surface area contributed by atoms with Crippen LogP contribution in [0.4, 0.5) is 18.9 Å². The summed E-state index contributed by atoms with van der Waals surface area (Å²) in [5.74, 6) is -4.33. The van der Waals surface area contributed by atoms with Gasteiger partial charge < -0.3 is 0 Å². The molecule has 0 bridgehead atoms. The molecule has 108 valence electrons. The summed E-state index contributed by atoms with van der Waals surface area (Å²) >= 11 is 0. The molecule has 0 amide bonds. The highest BCUT2D eigenvalue weighted by atomic mass is 19.2. The van der Waals surface area contributed by atoms with E-state index in [1.54, 1.807) is 0 Å². The number of ketones is 1. The van der Waals surface area contributed by atoms with Gasteiger partial charge in [0.15, 0.2) is 17.4 Å². The number of halogens is 3. The topological polar surface area (TPSA) is 60.2 Å². The average molecular weight is 295 g/mol. The zero-order chi connectivity index (χ0) is 15.6. The van der Waals surface area contributed by atoms with Gasteiger partial charge in [-0.2, -0.15) is 0 Å². The van der Waals surface area contributed by atoms with Crippen LogP contribution in [-0.2, 0) is 6.42 Å². The molecule has 0 heterocycles. The van der Waals surface area contributed by atoms with Crippen LogP contribution in [0.15, 0.2) is 36.4 Å². The molecule has 2 rings (SSSR count). The van der Waals surface area contributed by atoms with Crippen molar-refractivity contribution in [3.8, 4) is 0 Å². The second kappa shape index (κ2) is 5.74. The van der Waals surface area contributed by atoms with Crippen LogP contribution in [0.2, 0.25) is 0 Å². The van der Waals surface area contributed by atoms with Gasteiger partial charge in [-0.05, 0) is 17.7 Å². The number of carbonyl (C=O) groups is 1. The van der Waals surface area contributed by atoms with Crippen molar-refractivity contribution in [3.63, 3.8) is 0 Å². The summed E-state index contributed by atoms with van der Waals surface area (Å²) in [5.41, 5.74) is -1.43. The van der Waals surface area contributed by atoms with Crippen molar-refractivity contribution in [1.29, 1.82) is 0 Å². The Balaban J connectivity index is 2.42. The van der Waals surface area contributed by atoms with E-state index in [-0.39, 0.29) is 5.56 Å². The Labute approximate surface area is 117 Å². The van der Waals surface area contributed by atoms with Crippen molar-refractivity contribution in [2.45, 2.75) is 6.42 Å². The number of nitro benzene ring substituents is 1. The molecular formula is C14H8F3NO3. The summed E-state index contributed by atoms with van der Waals surface area (Å²) in [6, 6.07) is 6.16. The molecule has 0 saturated heterocycles. The van der Waals surface area contributed by atoms with E-state index in [4.69, 9.17) is 0 Å². The fraction of sp³-hybridized carbons (Fsp3) is 0.0714. The standard InChI is InChI=1S/C14H8F3NO3/c15-10-4-2-1-3-8(10)5-14(19)9-6-11(16)12(17)7-13(9)18(20)21/h1-4,6-7H,5H2. The summed E-state index contributed by atoms with van der Waals surface area (Å²) in [5, 5.41) is 10.8. The molecule has 0 atom stereocenters. The summed E-state index contributed by atoms with van der Waals surface area (Å²) in [4.78, 5) is 21.8. The lowest BCUT2D eigenvalue weighted by Crippen LogP contribution is -2.09. The van der Waals surface area contributed by atoms with Gasteiger partial charge in [0.1, 0.15) is 5.82 Å². The first kappa shape index (κ1) is 14.7.